The third kappa shape index (κ3) is 9.04. The molecular weight excluding hydrogens is 468 g/mol. The van der Waals surface area contributed by atoms with E-state index in [-0.39, 0.29) is 30.5 Å². The normalized spacial score (nSPS) is 15.0. The van der Waals surface area contributed by atoms with E-state index in [4.69, 9.17) is 4.74 Å². The Kier molecular flexibility index (Phi) is 10.0. The van der Waals surface area contributed by atoms with Gasteiger partial charge in [0, 0.05) is 31.7 Å². The molecule has 0 unspecified atom stereocenters. The van der Waals surface area contributed by atoms with Gasteiger partial charge in [0.1, 0.15) is 5.01 Å². The van der Waals surface area contributed by atoms with Gasteiger partial charge in [-0.3, -0.25) is 0 Å². The van der Waals surface area contributed by atoms with Crippen molar-refractivity contribution in [2.45, 2.75) is 38.9 Å². The van der Waals surface area contributed by atoms with E-state index in [1.54, 1.807) is 0 Å². The Morgan fingerprint density at radius 3 is 2.76 bits per heavy atom. The third-order valence-corrected chi connectivity index (χ3v) is 4.20. The van der Waals surface area contributed by atoms with Gasteiger partial charge in [0.15, 0.2) is 11.7 Å². The summed E-state index contributed by atoms with van der Waals surface area (Å²) < 4.78 is 43.1. The molecule has 1 heterocycles. The van der Waals surface area contributed by atoms with Gasteiger partial charge in [0.05, 0.1) is 6.54 Å². The monoisotopic (exact) mass is 492 g/mol. The minimum absolute atomic E-state index is 0. The molecule has 0 spiro atoms. The fourth-order valence-electron chi connectivity index (χ4n) is 1.92. The summed E-state index contributed by atoms with van der Waals surface area (Å²) in [5.41, 5.74) is -0.858. The van der Waals surface area contributed by atoms with Crippen LogP contribution in [-0.4, -0.2) is 37.2 Å². The first-order valence-corrected chi connectivity index (χ1v) is 8.98. The van der Waals surface area contributed by atoms with E-state index in [9.17, 15) is 13.2 Å². The lowest BCUT2D eigenvalue weighted by molar-refractivity contribution is -0.140. The van der Waals surface area contributed by atoms with E-state index in [1.165, 1.54) is 12.8 Å². The highest BCUT2D eigenvalue weighted by Gasteiger charge is 2.33. The second-order valence-electron chi connectivity index (χ2n) is 5.62. The van der Waals surface area contributed by atoms with Crippen LogP contribution in [0.25, 0.3) is 0 Å². The molecule has 10 heteroatoms. The molecule has 1 aromatic heterocycles. The van der Waals surface area contributed by atoms with Crippen molar-refractivity contribution >= 4 is 41.3 Å². The fraction of sp³-hybridized carbons (Fsp3) is 0.733. The predicted octanol–water partition coefficient (Wildman–Crippen LogP) is 3.65. The van der Waals surface area contributed by atoms with Gasteiger partial charge in [-0.05, 0) is 32.1 Å². The van der Waals surface area contributed by atoms with Crippen LogP contribution < -0.4 is 10.6 Å². The van der Waals surface area contributed by atoms with E-state index < -0.39 is 11.9 Å². The van der Waals surface area contributed by atoms with E-state index in [0.717, 1.165) is 35.7 Å². The number of nitrogens with zero attached hydrogens (tertiary/aromatic N) is 2. The van der Waals surface area contributed by atoms with Crippen molar-refractivity contribution in [3.63, 3.8) is 0 Å². The average Bonchev–Trinajstić information content (AvgIpc) is 3.21. The van der Waals surface area contributed by atoms with Crippen LogP contribution in [0.1, 0.15) is 36.9 Å². The van der Waals surface area contributed by atoms with Crippen LogP contribution in [0.4, 0.5) is 13.2 Å². The van der Waals surface area contributed by atoms with Crippen LogP contribution in [0.3, 0.4) is 0 Å². The van der Waals surface area contributed by atoms with Crippen LogP contribution >= 0.6 is 35.3 Å². The van der Waals surface area contributed by atoms with E-state index >= 15 is 0 Å². The number of guanidine groups is 1. The number of alkyl halides is 3. The second kappa shape index (κ2) is 11.2. The van der Waals surface area contributed by atoms with E-state index in [1.807, 2.05) is 6.92 Å². The minimum Gasteiger partial charge on any atom is -0.381 e. The molecular formula is C15H24F3IN4OS. The molecule has 0 amide bonds. The molecule has 25 heavy (non-hydrogen) atoms. The molecule has 1 aliphatic carbocycles. The first-order valence-electron chi connectivity index (χ1n) is 8.10. The summed E-state index contributed by atoms with van der Waals surface area (Å²) in [6.45, 7) is 4.97. The first kappa shape index (κ1) is 22.4. The number of hydrogen-bond donors (Lipinski definition) is 2. The highest BCUT2D eigenvalue weighted by molar-refractivity contribution is 14.0. The topological polar surface area (TPSA) is 58.5 Å². The van der Waals surface area contributed by atoms with Crippen LogP contribution in [0, 0.1) is 5.92 Å². The molecule has 0 saturated heterocycles. The Morgan fingerprint density at radius 2 is 2.16 bits per heavy atom. The molecule has 144 valence electrons. The lowest BCUT2D eigenvalue weighted by Gasteiger charge is -2.11. The molecule has 1 fully saturated rings. The number of ether oxygens (including phenoxy) is 1. The molecule has 1 aliphatic rings. The van der Waals surface area contributed by atoms with Gasteiger partial charge in [-0.2, -0.15) is 13.2 Å². The van der Waals surface area contributed by atoms with E-state index in [2.05, 4.69) is 20.6 Å². The summed E-state index contributed by atoms with van der Waals surface area (Å²) in [6.07, 6.45) is -0.987. The van der Waals surface area contributed by atoms with Gasteiger partial charge in [-0.1, -0.05) is 0 Å². The first-order chi connectivity index (χ1) is 11.5. The maximum Gasteiger partial charge on any atom is 0.434 e. The quantitative estimate of drug-likeness (QED) is 0.239. The number of aromatic nitrogens is 1. The largest absolute Gasteiger partial charge is 0.434 e. The molecule has 1 saturated carbocycles. The molecule has 0 bridgehead atoms. The molecule has 5 nitrogen and oxygen atoms in total. The summed E-state index contributed by atoms with van der Waals surface area (Å²) >= 11 is 0.966. The van der Waals surface area contributed by atoms with Gasteiger partial charge >= 0.3 is 6.18 Å². The van der Waals surface area contributed by atoms with Crippen molar-refractivity contribution in [2.75, 3.05) is 26.3 Å². The van der Waals surface area contributed by atoms with Gasteiger partial charge in [0.2, 0.25) is 0 Å². The maximum atomic E-state index is 12.5. The molecule has 2 rings (SSSR count). The van der Waals surface area contributed by atoms with Gasteiger partial charge in [-0.15, -0.1) is 35.3 Å². The van der Waals surface area contributed by atoms with Gasteiger partial charge in [-0.25, -0.2) is 9.98 Å². The van der Waals surface area contributed by atoms with Gasteiger partial charge < -0.3 is 15.4 Å². The summed E-state index contributed by atoms with van der Waals surface area (Å²) in [5, 5.41) is 7.56. The zero-order valence-corrected chi connectivity index (χ0v) is 17.2. The van der Waals surface area contributed by atoms with Crippen molar-refractivity contribution in [1.29, 1.82) is 0 Å². The van der Waals surface area contributed by atoms with Crippen molar-refractivity contribution in [1.82, 2.24) is 15.6 Å². The molecule has 2 N–H and O–H groups in total. The van der Waals surface area contributed by atoms with E-state index in [0.29, 0.717) is 30.7 Å². The molecule has 0 aromatic carbocycles. The highest BCUT2D eigenvalue weighted by Crippen LogP contribution is 2.30. The summed E-state index contributed by atoms with van der Waals surface area (Å²) in [7, 11) is 0. The average molecular weight is 492 g/mol. The minimum atomic E-state index is -4.40. The molecule has 0 atom stereocenters. The van der Waals surface area contributed by atoms with Crippen LogP contribution in [0.15, 0.2) is 10.4 Å². The number of thiazole rings is 1. The molecule has 0 radical (unpaired) electrons. The molecule has 1 aromatic rings. The fourth-order valence-corrected chi connectivity index (χ4v) is 2.64. The highest BCUT2D eigenvalue weighted by atomic mass is 127. The van der Waals surface area contributed by atoms with Crippen molar-refractivity contribution in [3.8, 4) is 0 Å². The Morgan fingerprint density at radius 1 is 1.40 bits per heavy atom. The van der Waals surface area contributed by atoms with Crippen LogP contribution in [-0.2, 0) is 17.5 Å². The lowest BCUT2D eigenvalue weighted by Crippen LogP contribution is -2.38. The number of hydrogen-bond acceptors (Lipinski definition) is 4. The Balaban J connectivity index is 0.00000312. The molecule has 0 aliphatic heterocycles. The number of halogens is 4. The number of rotatable bonds is 9. The Labute approximate surface area is 166 Å². The van der Waals surface area contributed by atoms with Crippen LogP contribution in [0.5, 0.6) is 0 Å². The van der Waals surface area contributed by atoms with Gasteiger partial charge in [0.25, 0.3) is 0 Å². The SMILES string of the molecule is CCNC(=NCc1nc(C(F)(F)F)cs1)NCCCOCC1CC1.I. The summed E-state index contributed by atoms with van der Waals surface area (Å²) in [4.78, 5) is 7.84. The summed E-state index contributed by atoms with van der Waals surface area (Å²) in [6, 6.07) is 0. The maximum absolute atomic E-state index is 12.5. The van der Waals surface area contributed by atoms with Crippen molar-refractivity contribution in [3.05, 3.63) is 16.1 Å². The number of nitrogens with one attached hydrogen (secondary N) is 2. The van der Waals surface area contributed by atoms with Crippen molar-refractivity contribution in [2.24, 2.45) is 10.9 Å². The number of aliphatic imine (C=N–C) groups is 1. The Hall–Kier alpha value is -0.620. The zero-order chi connectivity index (χ0) is 17.4. The Bertz CT molecular complexity index is 535. The van der Waals surface area contributed by atoms with Crippen molar-refractivity contribution < 1.29 is 17.9 Å². The predicted molar refractivity (Wildman–Crippen MR) is 104 cm³/mol. The third-order valence-electron chi connectivity index (χ3n) is 3.37. The second-order valence-corrected chi connectivity index (χ2v) is 6.56. The lowest BCUT2D eigenvalue weighted by atomic mass is 10.4. The standard InChI is InChI=1S/C15H23F3N4OS.HI/c1-2-19-14(20-6-3-7-23-9-11-4-5-11)21-8-13-22-12(10-24-13)15(16,17)18;/h10-11H,2-9H2,1H3,(H2,19,20,21);1H. The smallest absolute Gasteiger partial charge is 0.381 e. The van der Waals surface area contributed by atoms with Crippen LogP contribution in [0.2, 0.25) is 0 Å². The zero-order valence-electron chi connectivity index (χ0n) is 14.1. The summed E-state index contributed by atoms with van der Waals surface area (Å²) in [5.74, 6) is 1.33.